The molecule has 0 bridgehead atoms. The Kier molecular flexibility index (Phi) is 6.60. The molecule has 172 valence electrons. The Morgan fingerprint density at radius 2 is 1.91 bits per heavy atom. The highest BCUT2D eigenvalue weighted by Crippen LogP contribution is 2.27. The van der Waals surface area contributed by atoms with E-state index in [1.165, 1.54) is 12.1 Å². The van der Waals surface area contributed by atoms with Crippen LogP contribution in [0.25, 0.3) is 0 Å². The van der Waals surface area contributed by atoms with Gasteiger partial charge in [-0.25, -0.2) is 8.78 Å². The molecule has 1 saturated heterocycles. The number of carbonyl (C=O) groups is 2. The molecule has 1 aromatic carbocycles. The van der Waals surface area contributed by atoms with Crippen LogP contribution in [0.5, 0.6) is 0 Å². The van der Waals surface area contributed by atoms with Crippen molar-refractivity contribution < 1.29 is 23.1 Å². The molecule has 1 fully saturated rings. The van der Waals surface area contributed by atoms with Gasteiger partial charge in [0.2, 0.25) is 0 Å². The van der Waals surface area contributed by atoms with Crippen molar-refractivity contribution in [2.24, 2.45) is 0 Å². The molecule has 1 aromatic heterocycles. The number of alkyl halides is 2. The lowest BCUT2D eigenvalue weighted by molar-refractivity contribution is 0.0683. The molecule has 1 N–H and O–H groups in total. The molecule has 8 heteroatoms. The summed E-state index contributed by atoms with van der Waals surface area (Å²) in [4.78, 5) is 28.3. The van der Waals surface area contributed by atoms with Gasteiger partial charge in [0.15, 0.2) is 0 Å². The van der Waals surface area contributed by atoms with Crippen molar-refractivity contribution in [3.05, 3.63) is 58.4 Å². The number of rotatable bonds is 6. The van der Waals surface area contributed by atoms with Crippen LogP contribution in [0.4, 0.5) is 8.78 Å². The van der Waals surface area contributed by atoms with Gasteiger partial charge >= 0.3 is 0 Å². The van der Waals surface area contributed by atoms with Crippen LogP contribution in [0.2, 0.25) is 0 Å². The molecule has 2 atom stereocenters. The first kappa shape index (κ1) is 22.5. The number of aromatic nitrogens is 1. The van der Waals surface area contributed by atoms with Crippen molar-refractivity contribution in [3.8, 4) is 0 Å². The number of halogens is 2. The lowest BCUT2D eigenvalue weighted by Crippen LogP contribution is -2.35. The van der Waals surface area contributed by atoms with E-state index in [9.17, 15) is 18.4 Å². The zero-order chi connectivity index (χ0) is 22.8. The zero-order valence-electron chi connectivity index (χ0n) is 18.4. The predicted octanol–water partition coefficient (Wildman–Crippen LogP) is 4.46. The van der Waals surface area contributed by atoms with Crippen LogP contribution in [0.15, 0.2) is 30.3 Å². The minimum atomic E-state index is -2.53. The molecule has 2 amide bonds. The van der Waals surface area contributed by atoms with Crippen molar-refractivity contribution in [1.82, 2.24) is 14.8 Å². The second-order valence-electron chi connectivity index (χ2n) is 8.49. The van der Waals surface area contributed by atoms with Gasteiger partial charge in [0.05, 0.1) is 30.5 Å². The molecule has 2 aromatic rings. The molecule has 6 nitrogen and oxygen atoms in total. The largest absolute Gasteiger partial charge is 0.373 e. The fourth-order valence-corrected chi connectivity index (χ4v) is 4.61. The SMILES string of the molecule is CC[C@@H](NC(=O)c1cc(C(=O)N2CCCC2C)n2c1COCC2)c1ccc(C(F)F)cc1. The smallest absolute Gasteiger partial charge is 0.270 e. The summed E-state index contributed by atoms with van der Waals surface area (Å²) in [6.45, 7) is 5.99. The normalized spacial score (nSPS) is 19.2. The van der Waals surface area contributed by atoms with Gasteiger partial charge in [0.1, 0.15) is 5.69 Å². The van der Waals surface area contributed by atoms with E-state index in [4.69, 9.17) is 4.74 Å². The van der Waals surface area contributed by atoms with Crippen molar-refractivity contribution in [2.45, 2.75) is 64.8 Å². The molecular weight excluding hydrogens is 416 g/mol. The summed E-state index contributed by atoms with van der Waals surface area (Å²) in [6.07, 6.45) is 0.0436. The first-order valence-corrected chi connectivity index (χ1v) is 11.2. The number of hydrogen-bond donors (Lipinski definition) is 1. The van der Waals surface area contributed by atoms with Gasteiger partial charge in [0, 0.05) is 24.7 Å². The van der Waals surface area contributed by atoms with E-state index in [-0.39, 0.29) is 36.1 Å². The molecule has 2 aliphatic heterocycles. The van der Waals surface area contributed by atoms with Crippen LogP contribution in [0.1, 0.15) is 83.2 Å². The van der Waals surface area contributed by atoms with Crippen LogP contribution in [-0.4, -0.2) is 40.5 Å². The Hall–Kier alpha value is -2.74. The number of hydrogen-bond acceptors (Lipinski definition) is 3. The molecule has 2 aliphatic rings. The fraction of sp³-hybridized carbons (Fsp3) is 0.500. The number of benzene rings is 1. The third kappa shape index (κ3) is 4.28. The van der Waals surface area contributed by atoms with Crippen LogP contribution < -0.4 is 5.32 Å². The molecule has 0 spiro atoms. The van der Waals surface area contributed by atoms with Gasteiger partial charge in [-0.15, -0.1) is 0 Å². The summed E-state index contributed by atoms with van der Waals surface area (Å²) in [7, 11) is 0. The first-order chi connectivity index (χ1) is 15.4. The highest BCUT2D eigenvalue weighted by Gasteiger charge is 2.32. The van der Waals surface area contributed by atoms with Gasteiger partial charge < -0.3 is 19.5 Å². The fourth-order valence-electron chi connectivity index (χ4n) is 4.61. The average molecular weight is 446 g/mol. The molecule has 1 unspecified atom stereocenters. The third-order valence-corrected chi connectivity index (χ3v) is 6.49. The van der Waals surface area contributed by atoms with Crippen molar-refractivity contribution in [3.63, 3.8) is 0 Å². The van der Waals surface area contributed by atoms with Gasteiger partial charge in [-0.2, -0.15) is 0 Å². The number of fused-ring (bicyclic) bond motifs is 1. The quantitative estimate of drug-likeness (QED) is 0.714. The molecule has 0 saturated carbocycles. The predicted molar refractivity (Wildman–Crippen MR) is 116 cm³/mol. The first-order valence-electron chi connectivity index (χ1n) is 11.2. The lowest BCUT2D eigenvalue weighted by Gasteiger charge is -2.24. The van der Waals surface area contributed by atoms with Crippen LogP contribution >= 0.6 is 0 Å². The Morgan fingerprint density at radius 1 is 1.19 bits per heavy atom. The number of carbonyl (C=O) groups excluding carboxylic acids is 2. The molecule has 0 aliphatic carbocycles. The molecule has 4 rings (SSSR count). The van der Waals surface area contributed by atoms with Crippen molar-refractivity contribution in [1.29, 1.82) is 0 Å². The summed E-state index contributed by atoms with van der Waals surface area (Å²) >= 11 is 0. The summed E-state index contributed by atoms with van der Waals surface area (Å²) in [5.74, 6) is -0.343. The molecule has 32 heavy (non-hydrogen) atoms. The Balaban J connectivity index is 1.59. The number of ether oxygens (including phenoxy) is 1. The second kappa shape index (κ2) is 9.40. The van der Waals surface area contributed by atoms with Crippen molar-refractivity contribution >= 4 is 11.8 Å². The van der Waals surface area contributed by atoms with Crippen LogP contribution in [0, 0.1) is 0 Å². The van der Waals surface area contributed by atoms with Gasteiger partial charge in [-0.1, -0.05) is 31.2 Å². The maximum atomic E-state index is 13.2. The summed E-state index contributed by atoms with van der Waals surface area (Å²) in [6, 6.07) is 7.56. The van der Waals surface area contributed by atoms with E-state index in [0.29, 0.717) is 36.5 Å². The Bertz CT molecular complexity index is 987. The van der Waals surface area contributed by atoms with E-state index in [1.807, 2.05) is 23.3 Å². The van der Waals surface area contributed by atoms with E-state index in [0.717, 1.165) is 24.9 Å². The highest BCUT2D eigenvalue weighted by molar-refractivity contribution is 6.01. The number of likely N-dealkylation sites (tertiary alicyclic amines) is 1. The third-order valence-electron chi connectivity index (χ3n) is 6.49. The summed E-state index contributed by atoms with van der Waals surface area (Å²) in [5.41, 5.74) is 2.37. The van der Waals surface area contributed by atoms with Crippen LogP contribution in [0.3, 0.4) is 0 Å². The summed E-state index contributed by atoms with van der Waals surface area (Å²) < 4.78 is 33.2. The maximum absolute atomic E-state index is 13.2. The molecule has 0 radical (unpaired) electrons. The Labute approximate surface area is 186 Å². The van der Waals surface area contributed by atoms with E-state index < -0.39 is 6.43 Å². The van der Waals surface area contributed by atoms with Crippen molar-refractivity contribution in [2.75, 3.05) is 13.2 Å². The summed E-state index contributed by atoms with van der Waals surface area (Å²) in [5, 5.41) is 3.01. The van der Waals surface area contributed by atoms with Gasteiger partial charge in [-0.05, 0) is 37.8 Å². The standard InChI is InChI=1S/C24H29F2N3O3/c1-3-19(16-6-8-17(9-7-16)22(25)26)27-23(30)18-13-20(29-11-12-32-14-21(18)29)24(31)28-10-4-5-15(28)2/h6-9,13,15,19,22H,3-5,10-12,14H2,1-2H3,(H,27,30)/t15?,19-/m1/s1. The van der Waals surface area contributed by atoms with E-state index in [2.05, 4.69) is 5.32 Å². The topological polar surface area (TPSA) is 63.6 Å². The van der Waals surface area contributed by atoms with Crippen LogP contribution in [-0.2, 0) is 17.9 Å². The lowest BCUT2D eigenvalue weighted by atomic mass is 10.0. The number of nitrogens with one attached hydrogen (secondary N) is 1. The molecule has 3 heterocycles. The van der Waals surface area contributed by atoms with Gasteiger partial charge in [-0.3, -0.25) is 9.59 Å². The second-order valence-corrected chi connectivity index (χ2v) is 8.49. The minimum Gasteiger partial charge on any atom is -0.373 e. The maximum Gasteiger partial charge on any atom is 0.270 e. The van der Waals surface area contributed by atoms with Gasteiger partial charge in [0.25, 0.3) is 18.2 Å². The molecular formula is C24H29F2N3O3. The monoisotopic (exact) mass is 445 g/mol. The number of nitrogens with zero attached hydrogens (tertiary/aromatic N) is 2. The van der Waals surface area contributed by atoms with E-state index >= 15 is 0 Å². The zero-order valence-corrected chi connectivity index (χ0v) is 18.4. The Morgan fingerprint density at radius 3 is 2.53 bits per heavy atom. The van der Waals surface area contributed by atoms with E-state index in [1.54, 1.807) is 18.2 Å². The highest BCUT2D eigenvalue weighted by atomic mass is 19.3. The minimum absolute atomic E-state index is 0.0483. The average Bonchev–Trinajstić information content (AvgIpc) is 3.41. The number of amides is 2.